The number of guanidine groups is 1. The summed E-state index contributed by atoms with van der Waals surface area (Å²) >= 11 is 0. The lowest BCUT2D eigenvalue weighted by atomic mass is 9.88. The molecule has 0 bridgehead atoms. The van der Waals surface area contributed by atoms with Crippen molar-refractivity contribution in [2.45, 2.75) is 210 Å². The first-order valence-electron chi connectivity index (χ1n) is 31.9. The summed E-state index contributed by atoms with van der Waals surface area (Å²) < 4.78 is 39.1. The molecule has 17 unspecified atom stereocenters. The van der Waals surface area contributed by atoms with Crippen LogP contribution in [0.2, 0.25) is 0 Å². The molecule has 0 fully saturated rings. The average Bonchev–Trinajstić information content (AvgIpc) is 1.13. The Balaban J connectivity index is 2.75. The van der Waals surface area contributed by atoms with Gasteiger partial charge in [0, 0.05) is 67.7 Å². The first-order chi connectivity index (χ1) is 44.5. The van der Waals surface area contributed by atoms with Gasteiger partial charge in [-0.1, -0.05) is 191 Å². The summed E-state index contributed by atoms with van der Waals surface area (Å²) in [5.74, 6) is -2.42. The Kier molecular flexibility index (Phi) is 45.9. The van der Waals surface area contributed by atoms with Crippen molar-refractivity contribution in [1.82, 2.24) is 0 Å². The van der Waals surface area contributed by atoms with E-state index in [-0.39, 0.29) is 94.6 Å². The van der Waals surface area contributed by atoms with Gasteiger partial charge in [0.05, 0.1) is 85.9 Å². The van der Waals surface area contributed by atoms with Gasteiger partial charge >= 0.3 is 16.4 Å². The molecule has 0 heterocycles. The Morgan fingerprint density at radius 3 is 1.65 bits per heavy atom. The number of nitrogens with zero attached hydrogens (tertiary/aromatic N) is 2. The second kappa shape index (κ2) is 50.3. The van der Waals surface area contributed by atoms with E-state index in [1.54, 1.807) is 98.9 Å². The third kappa shape index (κ3) is 43.8. The minimum absolute atomic E-state index is 0.00141. The second-order valence-corrected chi connectivity index (χ2v) is 24.5. The predicted octanol–water partition coefficient (Wildman–Crippen LogP) is 5.30. The monoisotopic (exact) mass is 1340 g/mol. The summed E-state index contributed by atoms with van der Waals surface area (Å²) in [6.45, 7) is 7.31. The van der Waals surface area contributed by atoms with E-state index in [1.807, 2.05) is 61.6 Å². The average molecular weight is 1340 g/mol. The number of aliphatic carboxylic acids is 1. The molecule has 94 heavy (non-hydrogen) atoms. The minimum Gasteiger partial charge on any atom is -0.478 e. The highest BCUT2D eigenvalue weighted by Crippen LogP contribution is 2.24. The van der Waals surface area contributed by atoms with Gasteiger partial charge in [-0.3, -0.25) is 14.5 Å². The van der Waals surface area contributed by atoms with Crippen molar-refractivity contribution in [3.63, 3.8) is 0 Å². The van der Waals surface area contributed by atoms with Crippen molar-refractivity contribution in [3.8, 4) is 0 Å². The van der Waals surface area contributed by atoms with Crippen molar-refractivity contribution in [2.75, 3.05) is 6.54 Å². The van der Waals surface area contributed by atoms with Gasteiger partial charge in [-0.25, -0.2) is 8.98 Å². The number of aliphatic hydroxyl groups excluding tert-OH is 13. The van der Waals surface area contributed by atoms with Crippen molar-refractivity contribution < 1.29 is 93.4 Å². The third-order valence-corrected chi connectivity index (χ3v) is 15.4. The largest absolute Gasteiger partial charge is 0.478 e. The van der Waals surface area contributed by atoms with E-state index in [0.29, 0.717) is 18.7 Å². The van der Waals surface area contributed by atoms with E-state index in [1.165, 1.54) is 37.3 Å². The highest BCUT2D eigenvalue weighted by molar-refractivity contribution is 7.80. The molecule has 528 valence electrons. The number of hydrogen-bond donors (Lipinski definition) is 17. The van der Waals surface area contributed by atoms with E-state index in [4.69, 9.17) is 25.7 Å². The molecule has 0 saturated carbocycles. The second-order valence-electron chi connectivity index (χ2n) is 23.5. The van der Waals surface area contributed by atoms with E-state index >= 15 is 0 Å². The molecule has 19 N–H and O–H groups in total. The molecule has 1 aromatic rings. The molecule has 0 aliphatic rings. The molecule has 0 aliphatic heterocycles. The number of aliphatic imine (C=N–C) groups is 2. The normalized spacial score (nSPS) is 19.1. The third-order valence-electron chi connectivity index (χ3n) is 14.9. The van der Waals surface area contributed by atoms with Crippen LogP contribution in [-0.2, 0) is 25.9 Å². The fourth-order valence-electron chi connectivity index (χ4n) is 9.42. The molecular formula is C70H108N4O19S. The molecule has 17 atom stereocenters. The number of nitrogens with two attached hydrogens (primary N) is 2. The van der Waals surface area contributed by atoms with E-state index in [2.05, 4.69) is 4.99 Å². The molecule has 1 aromatic carbocycles. The molecule has 24 heteroatoms. The maximum absolute atomic E-state index is 12.1. The first kappa shape index (κ1) is 85.9. The SMILES string of the molecule is C\C(=C/C=C/C=C/CC/C=C/C(C)C(O)C(C)C(O)/C=C/C=C/C=C/C=C/C=C/C=C/CC(OS(=O)(=O)O)C(C)C(CC(O)CC(O)/C=C/CC(O)CC(O)CC(O)/C=C/CC(O)CC(O)C(O)C(O)CC(O)CC(O)CCCN=C(N)N)=NCc1ccccc1)C(=O)O. The summed E-state index contributed by atoms with van der Waals surface area (Å²) in [5, 5.41) is 146. The molecule has 0 saturated heterocycles. The van der Waals surface area contributed by atoms with Gasteiger partial charge in [-0.05, 0) is 70.3 Å². The highest BCUT2D eigenvalue weighted by atomic mass is 32.3. The van der Waals surface area contributed by atoms with E-state index < -0.39 is 114 Å². The topological polar surface area (TPSA) is 441 Å². The number of allylic oxidation sites excluding steroid dienone is 16. The van der Waals surface area contributed by atoms with Crippen LogP contribution in [-0.4, -0.2) is 194 Å². The van der Waals surface area contributed by atoms with Crippen molar-refractivity contribution in [1.29, 1.82) is 0 Å². The lowest BCUT2D eigenvalue weighted by Crippen LogP contribution is -2.41. The molecule has 0 aromatic heterocycles. The summed E-state index contributed by atoms with van der Waals surface area (Å²) in [7, 11) is -4.94. The van der Waals surface area contributed by atoms with Gasteiger partial charge in [0.1, 0.15) is 6.10 Å². The number of carboxylic acid groups (broad SMARTS) is 1. The van der Waals surface area contributed by atoms with Gasteiger partial charge in [0.15, 0.2) is 5.96 Å². The molecule has 23 nitrogen and oxygen atoms in total. The Hall–Kier alpha value is -6.14. The number of hydrogen-bond acceptors (Lipinski definition) is 19. The van der Waals surface area contributed by atoms with Gasteiger partial charge in [-0.2, -0.15) is 8.42 Å². The number of carbonyl (C=O) groups is 1. The van der Waals surface area contributed by atoms with Crippen LogP contribution in [0.25, 0.3) is 0 Å². The van der Waals surface area contributed by atoms with Gasteiger partial charge < -0.3 is 83.0 Å². The maximum atomic E-state index is 12.1. The molecule has 1 rings (SSSR count). The first-order valence-corrected chi connectivity index (χ1v) is 33.2. The molecule has 0 spiro atoms. The smallest absolute Gasteiger partial charge is 0.397 e. The predicted molar refractivity (Wildman–Crippen MR) is 367 cm³/mol. The summed E-state index contributed by atoms with van der Waals surface area (Å²) in [6, 6.07) is 9.18. The molecule has 0 aliphatic carbocycles. The molecule has 0 amide bonds. The van der Waals surface area contributed by atoms with Gasteiger partial charge in [0.25, 0.3) is 0 Å². The number of unbranched alkanes of at least 4 members (excludes halogenated alkanes) is 1. The van der Waals surface area contributed by atoms with E-state index in [0.717, 1.165) is 18.4 Å². The van der Waals surface area contributed by atoms with Crippen molar-refractivity contribution in [3.05, 3.63) is 181 Å². The Bertz CT molecular complexity index is 2790. The maximum Gasteiger partial charge on any atom is 0.397 e. The number of rotatable bonds is 50. The van der Waals surface area contributed by atoms with Crippen molar-refractivity contribution >= 4 is 28.0 Å². The fourth-order valence-corrected chi connectivity index (χ4v) is 9.98. The van der Waals surface area contributed by atoms with Crippen LogP contribution in [0.3, 0.4) is 0 Å². The standard InChI is InChI=1S/C70H108N4O19S/c1-49(29-20-15-11-10-12-16-21-30-50(2)69(88)89)67(86)52(4)63(83)38-24-17-13-8-6-5-7-9-14-18-25-39-66(93-94(90,91)92)51(3)62(74-48-53-31-22-19-23-32-53)45-60(81)43-56(77)34-26-33-54(75)41-59(80)42-55(76)35-27-36-58(79)46-64(84)68(87)65(85)47-61(82)44-57(78)37-28-40-73-70(71)72/h5-10,12-14,16-27,29-32,34-35,38,49,51-52,54-61,63-68,75-87H,11,15,28,33,36-37,39-48H2,1-4H3,(H,88,89)(H4,71,72,73)(H,90,91,92)/b7-5+,8-6+,12-10+,14-9+,17-13+,21-16+,25-18+,29-20+,34-26+,35-27+,38-24+,50-30+,74-62?. The lowest BCUT2D eigenvalue weighted by molar-refractivity contribution is -0.132. The zero-order valence-corrected chi connectivity index (χ0v) is 55.4. The summed E-state index contributed by atoms with van der Waals surface area (Å²) in [5.41, 5.74) is 12.0. The van der Waals surface area contributed by atoms with Gasteiger partial charge in [-0.15, -0.1) is 0 Å². The number of benzene rings is 1. The van der Waals surface area contributed by atoms with Crippen LogP contribution >= 0.6 is 0 Å². The quantitative estimate of drug-likeness (QED) is 0.00748. The van der Waals surface area contributed by atoms with Crippen LogP contribution in [0.4, 0.5) is 0 Å². The summed E-state index contributed by atoms with van der Waals surface area (Å²) in [4.78, 5) is 19.4. The van der Waals surface area contributed by atoms with Crippen LogP contribution in [0.15, 0.2) is 186 Å². The number of aliphatic hydroxyl groups is 13. The molecular weight excluding hydrogens is 1230 g/mol. The van der Waals surface area contributed by atoms with Crippen LogP contribution in [0.1, 0.15) is 123 Å². The molecule has 0 radical (unpaired) electrons. The van der Waals surface area contributed by atoms with Crippen LogP contribution < -0.4 is 11.5 Å². The zero-order valence-electron chi connectivity index (χ0n) is 54.6. The minimum atomic E-state index is -4.94. The highest BCUT2D eigenvalue weighted by Gasteiger charge is 2.31. The Morgan fingerprint density at radius 2 is 1.06 bits per heavy atom. The fraction of sp³-hybridized carbons (Fsp3) is 0.529. The number of carboxylic acids is 1. The van der Waals surface area contributed by atoms with Gasteiger partial charge in [0.2, 0.25) is 0 Å². The zero-order chi connectivity index (χ0) is 70.4. The van der Waals surface area contributed by atoms with Crippen LogP contribution in [0, 0.1) is 17.8 Å². The van der Waals surface area contributed by atoms with Crippen molar-refractivity contribution in [2.24, 2.45) is 39.2 Å². The Morgan fingerprint density at radius 1 is 0.553 bits per heavy atom. The van der Waals surface area contributed by atoms with Crippen LogP contribution in [0.5, 0.6) is 0 Å². The lowest BCUT2D eigenvalue weighted by Gasteiger charge is -2.26. The van der Waals surface area contributed by atoms with E-state index in [9.17, 15) is 84.1 Å². The summed E-state index contributed by atoms with van der Waals surface area (Å²) in [6.07, 6.45) is 23.0. The Labute approximate surface area is 555 Å².